The first-order valence-corrected chi connectivity index (χ1v) is 12.8. The zero-order valence-electron chi connectivity index (χ0n) is 21.5. The van der Waals surface area contributed by atoms with Crippen LogP contribution in [0.1, 0.15) is 19.6 Å². The SMILES string of the molecule is CC1(C)C(N(O)C(=O)Nc2ccc(Cl)cc2)N(c2ccc(Cl)cc2)C(=O)N1CC(=O)N/N=C/C=C/c1ccco1. The summed E-state index contributed by atoms with van der Waals surface area (Å²) in [6.07, 6.45) is 4.88. The van der Waals surface area contributed by atoms with Crippen LogP contribution in [0.2, 0.25) is 10.0 Å². The quantitative estimate of drug-likeness (QED) is 0.178. The third-order valence-electron chi connectivity index (χ3n) is 6.10. The van der Waals surface area contributed by atoms with Gasteiger partial charge in [-0.15, -0.1) is 0 Å². The van der Waals surface area contributed by atoms with Crippen LogP contribution in [0.25, 0.3) is 6.08 Å². The monoisotopic (exact) mass is 584 g/mol. The highest BCUT2D eigenvalue weighted by Gasteiger charge is 2.56. The average molecular weight is 585 g/mol. The van der Waals surface area contributed by atoms with E-state index in [0.717, 1.165) is 0 Å². The molecule has 1 fully saturated rings. The maximum atomic E-state index is 13.7. The Morgan fingerprint density at radius 1 is 1.10 bits per heavy atom. The third kappa shape index (κ3) is 6.45. The van der Waals surface area contributed by atoms with Gasteiger partial charge in [0, 0.05) is 27.6 Å². The van der Waals surface area contributed by atoms with Crippen molar-refractivity contribution < 1.29 is 24.0 Å². The number of furan rings is 1. The highest BCUT2D eigenvalue weighted by Crippen LogP contribution is 2.38. The first-order valence-electron chi connectivity index (χ1n) is 12.0. The number of hydrazone groups is 1. The first kappa shape index (κ1) is 28.7. The largest absolute Gasteiger partial charge is 0.465 e. The van der Waals surface area contributed by atoms with E-state index in [1.807, 2.05) is 0 Å². The number of benzene rings is 2. The summed E-state index contributed by atoms with van der Waals surface area (Å²) >= 11 is 11.9. The normalized spacial score (nSPS) is 16.6. The van der Waals surface area contributed by atoms with Crippen LogP contribution >= 0.6 is 23.2 Å². The van der Waals surface area contributed by atoms with Gasteiger partial charge in [-0.2, -0.15) is 10.2 Å². The lowest BCUT2D eigenvalue weighted by atomic mass is 9.99. The minimum Gasteiger partial charge on any atom is -0.465 e. The van der Waals surface area contributed by atoms with E-state index < -0.39 is 36.2 Å². The zero-order chi connectivity index (χ0) is 28.9. The molecule has 4 rings (SSSR count). The molecule has 208 valence electrons. The predicted octanol–water partition coefficient (Wildman–Crippen LogP) is 5.67. The van der Waals surface area contributed by atoms with Crippen LogP contribution in [0.4, 0.5) is 21.0 Å². The van der Waals surface area contributed by atoms with Gasteiger partial charge in [-0.3, -0.25) is 14.9 Å². The molecule has 0 radical (unpaired) electrons. The fraction of sp³-hybridized carbons (Fsp3) is 0.185. The van der Waals surface area contributed by atoms with Gasteiger partial charge in [0.25, 0.3) is 5.91 Å². The highest BCUT2D eigenvalue weighted by molar-refractivity contribution is 6.31. The number of carbonyl (C=O) groups excluding carboxylic acids is 3. The molecule has 0 spiro atoms. The van der Waals surface area contributed by atoms with Crippen molar-refractivity contribution in [1.29, 1.82) is 0 Å². The van der Waals surface area contributed by atoms with Crippen LogP contribution in [0.3, 0.4) is 0 Å². The van der Waals surface area contributed by atoms with Gasteiger partial charge in [0.2, 0.25) is 0 Å². The molecule has 1 aromatic heterocycles. The van der Waals surface area contributed by atoms with Crippen LogP contribution in [-0.2, 0) is 4.79 Å². The molecule has 2 heterocycles. The molecule has 3 aromatic rings. The lowest BCUT2D eigenvalue weighted by Crippen LogP contribution is -2.58. The molecular weight excluding hydrogens is 559 g/mol. The number of hydroxylamine groups is 2. The molecule has 40 heavy (non-hydrogen) atoms. The second-order valence-electron chi connectivity index (χ2n) is 9.21. The molecule has 1 aliphatic heterocycles. The van der Waals surface area contributed by atoms with Gasteiger partial charge in [0.05, 0.1) is 11.8 Å². The Bertz CT molecular complexity index is 1410. The van der Waals surface area contributed by atoms with E-state index in [9.17, 15) is 19.6 Å². The van der Waals surface area contributed by atoms with Crippen LogP contribution in [0, 0.1) is 0 Å². The van der Waals surface area contributed by atoms with E-state index in [1.165, 1.54) is 22.3 Å². The minimum absolute atomic E-state index is 0.356. The van der Waals surface area contributed by atoms with Crippen molar-refractivity contribution in [2.45, 2.75) is 25.6 Å². The number of hydrogen-bond donors (Lipinski definition) is 3. The number of allylic oxidation sites excluding steroid dienone is 1. The van der Waals surface area contributed by atoms with Gasteiger partial charge >= 0.3 is 12.1 Å². The Hall–Kier alpha value is -4.32. The summed E-state index contributed by atoms with van der Waals surface area (Å²) in [5.41, 5.74) is 1.85. The van der Waals surface area contributed by atoms with Crippen molar-refractivity contribution in [3.63, 3.8) is 0 Å². The summed E-state index contributed by atoms with van der Waals surface area (Å²) in [4.78, 5) is 41.9. The zero-order valence-corrected chi connectivity index (χ0v) is 23.0. The number of amides is 5. The Morgan fingerprint density at radius 3 is 2.38 bits per heavy atom. The molecule has 3 N–H and O–H groups in total. The summed E-state index contributed by atoms with van der Waals surface area (Å²) in [6.45, 7) is 2.86. The van der Waals surface area contributed by atoms with Crippen molar-refractivity contribution in [3.8, 4) is 0 Å². The molecular formula is C27H26Cl2N6O5. The number of nitrogens with one attached hydrogen (secondary N) is 2. The van der Waals surface area contributed by atoms with Crippen molar-refractivity contribution >= 4 is 64.8 Å². The number of hydrogen-bond acceptors (Lipinski definition) is 6. The lowest BCUT2D eigenvalue weighted by molar-refractivity contribution is -0.124. The van der Waals surface area contributed by atoms with Crippen molar-refractivity contribution in [1.82, 2.24) is 15.4 Å². The summed E-state index contributed by atoms with van der Waals surface area (Å²) in [7, 11) is 0. The highest BCUT2D eigenvalue weighted by atomic mass is 35.5. The Balaban J connectivity index is 1.54. The molecule has 13 heteroatoms. The molecule has 11 nitrogen and oxygen atoms in total. The first-order chi connectivity index (χ1) is 19.1. The maximum Gasteiger partial charge on any atom is 0.347 e. The molecule has 2 aromatic carbocycles. The van der Waals surface area contributed by atoms with Crippen LogP contribution in [-0.4, -0.2) is 57.6 Å². The van der Waals surface area contributed by atoms with Gasteiger partial charge in [-0.25, -0.2) is 15.0 Å². The number of halogens is 2. The number of rotatable bonds is 8. The standard InChI is InChI=1S/C27H26Cl2N6O5/c1-27(2)24(35(39)25(37)31-20-11-7-18(28)8-12-20)34(21-13-9-19(29)10-14-21)26(38)33(27)17-23(36)32-30-15-3-5-22-6-4-16-40-22/h3-16,24,39H,17H2,1-2H3,(H,31,37)(H,32,36)/b5-3+,30-15+. The molecule has 0 bridgehead atoms. The van der Waals surface area contributed by atoms with E-state index in [2.05, 4.69) is 15.8 Å². The fourth-order valence-corrected chi connectivity index (χ4v) is 4.40. The summed E-state index contributed by atoms with van der Waals surface area (Å²) < 4.78 is 5.17. The van der Waals surface area contributed by atoms with Gasteiger partial charge in [-0.05, 0) is 86.7 Å². The number of carbonyl (C=O) groups is 3. The molecule has 1 atom stereocenters. The molecule has 1 saturated heterocycles. The second kappa shape index (κ2) is 12.2. The summed E-state index contributed by atoms with van der Waals surface area (Å²) in [5.74, 6) is 0.0278. The van der Waals surface area contributed by atoms with Gasteiger partial charge < -0.3 is 14.6 Å². The number of nitrogens with zero attached hydrogens (tertiary/aromatic N) is 4. The van der Waals surface area contributed by atoms with Crippen LogP contribution < -0.4 is 15.6 Å². The predicted molar refractivity (Wildman–Crippen MR) is 152 cm³/mol. The van der Waals surface area contributed by atoms with E-state index in [-0.39, 0.29) is 0 Å². The van der Waals surface area contributed by atoms with Crippen LogP contribution in [0.15, 0.2) is 82.5 Å². The van der Waals surface area contributed by atoms with E-state index in [1.54, 1.807) is 86.7 Å². The minimum atomic E-state index is -1.25. The van der Waals surface area contributed by atoms with Gasteiger partial charge in [0.1, 0.15) is 12.3 Å². The maximum absolute atomic E-state index is 13.7. The number of anilines is 2. The third-order valence-corrected chi connectivity index (χ3v) is 6.61. The summed E-state index contributed by atoms with van der Waals surface area (Å²) in [6, 6.07) is 14.6. The number of urea groups is 2. The average Bonchev–Trinajstić information content (AvgIpc) is 3.50. The smallest absolute Gasteiger partial charge is 0.347 e. The van der Waals surface area contributed by atoms with E-state index >= 15 is 0 Å². The molecule has 5 amide bonds. The molecule has 0 saturated carbocycles. The molecule has 1 unspecified atom stereocenters. The second-order valence-corrected chi connectivity index (χ2v) is 10.1. The van der Waals surface area contributed by atoms with E-state index in [4.69, 9.17) is 27.6 Å². The van der Waals surface area contributed by atoms with Gasteiger partial charge in [0.15, 0.2) is 6.17 Å². The molecule has 0 aliphatic carbocycles. The Morgan fingerprint density at radius 2 is 1.75 bits per heavy atom. The van der Waals surface area contributed by atoms with Crippen molar-refractivity contribution in [2.24, 2.45) is 5.10 Å². The van der Waals surface area contributed by atoms with E-state index in [0.29, 0.717) is 32.2 Å². The molecule has 1 aliphatic rings. The Kier molecular flexibility index (Phi) is 8.78. The van der Waals surface area contributed by atoms with Crippen LogP contribution in [0.5, 0.6) is 0 Å². The van der Waals surface area contributed by atoms with Crippen molar-refractivity contribution in [2.75, 3.05) is 16.8 Å². The van der Waals surface area contributed by atoms with Crippen molar-refractivity contribution in [3.05, 3.63) is 88.8 Å². The fourth-order valence-electron chi connectivity index (χ4n) is 4.15. The van der Waals surface area contributed by atoms with Gasteiger partial charge in [-0.1, -0.05) is 23.2 Å². The summed E-state index contributed by atoms with van der Waals surface area (Å²) in [5, 5.41) is 18.9. The Labute approximate surface area is 240 Å². The topological polar surface area (TPSA) is 131 Å². The lowest BCUT2D eigenvalue weighted by Gasteiger charge is -2.38.